The van der Waals surface area contributed by atoms with Crippen molar-refractivity contribution in [3.05, 3.63) is 82.7 Å². The quantitative estimate of drug-likeness (QED) is 0.525. The standard InChI is InChI=1S/C20H16N4O3/c1-13-4-3-5-15(10-13)24-19(25)16-11-23(14-6-8-21-9-7-14)12-17(18(16)22-24)20(26)27-2/h3-12H,1-2H3. The van der Waals surface area contributed by atoms with E-state index < -0.39 is 5.97 Å². The predicted molar refractivity (Wildman–Crippen MR) is 99.7 cm³/mol. The average Bonchev–Trinajstić information content (AvgIpc) is 3.04. The minimum atomic E-state index is -0.558. The van der Waals surface area contributed by atoms with Crippen LogP contribution in [0.2, 0.25) is 0 Å². The molecule has 0 saturated carbocycles. The van der Waals surface area contributed by atoms with Crippen molar-refractivity contribution in [1.29, 1.82) is 0 Å². The number of benzene rings is 1. The molecule has 7 heteroatoms. The van der Waals surface area contributed by atoms with Crippen LogP contribution in [0.5, 0.6) is 0 Å². The largest absolute Gasteiger partial charge is 0.465 e. The van der Waals surface area contributed by atoms with Crippen LogP contribution in [0.3, 0.4) is 0 Å². The van der Waals surface area contributed by atoms with Crippen LogP contribution in [0, 0.1) is 6.92 Å². The molecule has 27 heavy (non-hydrogen) atoms. The summed E-state index contributed by atoms with van der Waals surface area (Å²) in [4.78, 5) is 29.3. The molecule has 1 aromatic carbocycles. The number of carbonyl (C=O) groups excluding carboxylic acids is 1. The number of nitrogens with zero attached hydrogens (tertiary/aromatic N) is 4. The summed E-state index contributed by atoms with van der Waals surface area (Å²) < 4.78 is 7.89. The first kappa shape index (κ1) is 16.7. The number of hydrogen-bond donors (Lipinski definition) is 0. The molecule has 2 aliphatic rings. The van der Waals surface area contributed by atoms with E-state index in [4.69, 9.17) is 4.74 Å². The highest BCUT2D eigenvalue weighted by molar-refractivity contribution is 5.96. The number of aryl methyl sites for hydroxylation is 1. The molecule has 4 rings (SSSR count). The van der Waals surface area contributed by atoms with Gasteiger partial charge < -0.3 is 9.30 Å². The van der Waals surface area contributed by atoms with Gasteiger partial charge in [-0.2, -0.15) is 9.78 Å². The van der Waals surface area contributed by atoms with Crippen molar-refractivity contribution < 1.29 is 9.53 Å². The number of hydrogen-bond acceptors (Lipinski definition) is 5. The van der Waals surface area contributed by atoms with Gasteiger partial charge in [0.25, 0.3) is 5.56 Å². The van der Waals surface area contributed by atoms with Crippen molar-refractivity contribution in [2.45, 2.75) is 6.92 Å². The monoisotopic (exact) mass is 360 g/mol. The Labute approximate surface area is 154 Å². The summed E-state index contributed by atoms with van der Waals surface area (Å²) in [5.74, 6) is -0.558. The zero-order valence-corrected chi connectivity index (χ0v) is 14.8. The van der Waals surface area contributed by atoms with E-state index in [0.717, 1.165) is 11.3 Å². The van der Waals surface area contributed by atoms with Gasteiger partial charge in [0.15, 0.2) is 0 Å². The fourth-order valence-electron chi connectivity index (χ4n) is 2.97. The highest BCUT2D eigenvalue weighted by atomic mass is 16.5. The number of fused-ring (bicyclic) bond motifs is 1. The summed E-state index contributed by atoms with van der Waals surface area (Å²) in [6.45, 7) is 1.94. The second-order valence-electron chi connectivity index (χ2n) is 6.09. The lowest BCUT2D eigenvalue weighted by Crippen LogP contribution is -2.15. The van der Waals surface area contributed by atoms with Crippen LogP contribution in [-0.2, 0) is 4.74 Å². The Hall–Kier alpha value is -3.74. The van der Waals surface area contributed by atoms with Gasteiger partial charge in [-0.05, 0) is 36.8 Å². The Morgan fingerprint density at radius 3 is 2.56 bits per heavy atom. The molecule has 0 radical (unpaired) electrons. The average molecular weight is 360 g/mol. The molecule has 0 amide bonds. The molecule has 0 spiro atoms. The molecule has 134 valence electrons. The zero-order chi connectivity index (χ0) is 19.0. The van der Waals surface area contributed by atoms with Crippen LogP contribution in [0.4, 0.5) is 0 Å². The van der Waals surface area contributed by atoms with Crippen molar-refractivity contribution in [2.75, 3.05) is 7.11 Å². The van der Waals surface area contributed by atoms with Crippen molar-refractivity contribution in [3.8, 4) is 22.6 Å². The Morgan fingerprint density at radius 1 is 1.07 bits per heavy atom. The van der Waals surface area contributed by atoms with E-state index in [2.05, 4.69) is 10.1 Å². The van der Waals surface area contributed by atoms with Gasteiger partial charge in [-0.3, -0.25) is 9.78 Å². The van der Waals surface area contributed by atoms with E-state index in [0.29, 0.717) is 16.9 Å². The van der Waals surface area contributed by atoms with Crippen molar-refractivity contribution in [2.24, 2.45) is 0 Å². The van der Waals surface area contributed by atoms with Gasteiger partial charge in [0.2, 0.25) is 0 Å². The molecule has 0 unspecified atom stereocenters. The summed E-state index contributed by atoms with van der Waals surface area (Å²) in [5.41, 5.74) is 2.96. The van der Waals surface area contributed by atoms with Gasteiger partial charge in [-0.15, -0.1) is 0 Å². The van der Waals surface area contributed by atoms with Gasteiger partial charge in [-0.1, -0.05) is 12.1 Å². The smallest absolute Gasteiger partial charge is 0.341 e. The van der Waals surface area contributed by atoms with Crippen LogP contribution in [0.1, 0.15) is 15.9 Å². The summed E-state index contributed by atoms with van der Waals surface area (Å²) in [5, 5.41) is 4.41. The highest BCUT2D eigenvalue weighted by Gasteiger charge is 2.25. The molecule has 0 aliphatic carbocycles. The van der Waals surface area contributed by atoms with E-state index in [9.17, 15) is 9.59 Å². The van der Waals surface area contributed by atoms with Gasteiger partial charge in [-0.25, -0.2) is 4.79 Å². The lowest BCUT2D eigenvalue weighted by atomic mass is 10.1. The van der Waals surface area contributed by atoms with E-state index >= 15 is 0 Å². The fraction of sp³-hybridized carbons (Fsp3) is 0.100. The summed E-state index contributed by atoms with van der Waals surface area (Å²) in [6.07, 6.45) is 6.55. The molecule has 0 N–H and O–H groups in total. The maximum absolute atomic E-state index is 13.0. The van der Waals surface area contributed by atoms with Crippen molar-refractivity contribution >= 4 is 5.97 Å². The Morgan fingerprint density at radius 2 is 1.85 bits per heavy atom. The second-order valence-corrected chi connectivity index (χ2v) is 6.09. The first-order valence-corrected chi connectivity index (χ1v) is 8.29. The number of aromatic nitrogens is 4. The van der Waals surface area contributed by atoms with Gasteiger partial charge in [0.1, 0.15) is 11.3 Å². The Balaban J connectivity index is 2.01. The van der Waals surface area contributed by atoms with Crippen molar-refractivity contribution in [3.63, 3.8) is 0 Å². The third kappa shape index (κ3) is 2.89. The van der Waals surface area contributed by atoms with E-state index in [-0.39, 0.29) is 11.1 Å². The van der Waals surface area contributed by atoms with Crippen LogP contribution in [-0.4, -0.2) is 32.4 Å². The molecular weight excluding hydrogens is 344 g/mol. The molecule has 0 atom stereocenters. The molecule has 0 saturated heterocycles. The summed E-state index contributed by atoms with van der Waals surface area (Å²) in [6, 6.07) is 11.0. The second kappa shape index (κ2) is 6.53. The normalized spacial score (nSPS) is 10.9. The maximum Gasteiger partial charge on any atom is 0.341 e. The Bertz CT molecular complexity index is 1160. The minimum Gasteiger partial charge on any atom is -0.465 e. The van der Waals surface area contributed by atoms with Crippen LogP contribution in [0.15, 0.2) is 66.0 Å². The first-order chi connectivity index (χ1) is 13.1. The maximum atomic E-state index is 13.0. The van der Waals surface area contributed by atoms with Crippen LogP contribution in [0.25, 0.3) is 22.6 Å². The number of rotatable bonds is 3. The minimum absolute atomic E-state index is 0.218. The first-order valence-electron chi connectivity index (χ1n) is 8.29. The van der Waals surface area contributed by atoms with Gasteiger partial charge in [0.05, 0.1) is 18.4 Å². The van der Waals surface area contributed by atoms with E-state index in [1.54, 1.807) is 47.6 Å². The van der Waals surface area contributed by atoms with E-state index in [1.807, 2.05) is 25.1 Å². The molecule has 3 heterocycles. The third-order valence-electron chi connectivity index (χ3n) is 4.28. The number of esters is 1. The molecule has 2 aromatic rings. The summed E-state index contributed by atoms with van der Waals surface area (Å²) >= 11 is 0. The lowest BCUT2D eigenvalue weighted by Gasteiger charge is -2.11. The molecule has 0 bridgehead atoms. The predicted octanol–water partition coefficient (Wildman–Crippen LogP) is 2.62. The molecule has 1 aromatic heterocycles. The molecule has 2 aliphatic heterocycles. The molecule has 0 fully saturated rings. The SMILES string of the molecule is COC(=O)c1cn(-c2ccncc2)cc2c(=O)n(-c3cccc(C)c3)nc1-2. The number of methoxy groups -OCH3 is 1. The van der Waals surface area contributed by atoms with E-state index in [1.165, 1.54) is 11.8 Å². The van der Waals surface area contributed by atoms with Crippen LogP contribution >= 0.6 is 0 Å². The fourth-order valence-corrected chi connectivity index (χ4v) is 2.97. The third-order valence-corrected chi connectivity index (χ3v) is 4.28. The van der Waals surface area contributed by atoms with Gasteiger partial charge in [0, 0.05) is 30.5 Å². The van der Waals surface area contributed by atoms with Gasteiger partial charge >= 0.3 is 5.97 Å². The summed E-state index contributed by atoms with van der Waals surface area (Å²) in [7, 11) is 1.30. The molecule has 7 nitrogen and oxygen atoms in total. The van der Waals surface area contributed by atoms with Crippen molar-refractivity contribution in [1.82, 2.24) is 19.3 Å². The highest BCUT2D eigenvalue weighted by Crippen LogP contribution is 2.24. The topological polar surface area (TPSA) is 79.0 Å². The van der Waals surface area contributed by atoms with Crippen LogP contribution < -0.4 is 5.56 Å². The Kier molecular flexibility index (Phi) is 4.04. The number of carbonyl (C=O) groups is 1. The number of pyridine rings is 2. The zero-order valence-electron chi connectivity index (χ0n) is 14.8. The number of ether oxygens (including phenoxy) is 1. The molecular formula is C20H16N4O3. The lowest BCUT2D eigenvalue weighted by molar-refractivity contribution is 0.0600.